The molecule has 8 aliphatic rings. The molecule has 0 radical (unpaired) electrons. The van der Waals surface area contributed by atoms with Gasteiger partial charge in [0, 0.05) is 0 Å². The monoisotopic (exact) mass is 760 g/mol. The van der Waals surface area contributed by atoms with Gasteiger partial charge in [-0.1, -0.05) is 69.9 Å². The first-order chi connectivity index (χ1) is 25.6. The standard InChI is InChI=1S/C45H60O6S2/c46-52(47,48)44-40(30-7-3-1-4-8-30)25-36(26-41(44)31-9-5-2-6-10-31)51-53(49,50)45-42(38-21-28-12-15-33(38)18-28)23-35(37-20-27-11-14-32(37)17-27)24-43(45)39-22-29-13-16-34(39)19-29/h23-34,37-39H,1-22H2,(H,46,47,48). The Morgan fingerprint density at radius 3 is 1.28 bits per heavy atom. The van der Waals surface area contributed by atoms with Gasteiger partial charge in [0.05, 0.1) is 0 Å². The second kappa shape index (κ2) is 13.6. The SMILES string of the molecule is O=S(=O)(O)c1c(C2CCCCC2)cc(OS(=O)(=O)c2c(C3CC4CCC3C4)cc(C3CC4CCC3C4)cc2C2CC3CCC2C3)cc1C1CCCCC1. The summed E-state index contributed by atoms with van der Waals surface area (Å²) in [5.41, 5.74) is 4.63. The van der Waals surface area contributed by atoms with Crippen LogP contribution in [0.15, 0.2) is 34.1 Å². The summed E-state index contributed by atoms with van der Waals surface area (Å²) in [6, 6.07) is 8.13. The average Bonchev–Trinajstić information content (AvgIpc) is 4.03. The number of hydrogen-bond acceptors (Lipinski definition) is 5. The van der Waals surface area contributed by atoms with Gasteiger partial charge in [-0.05, 0) is 189 Å². The average molecular weight is 761 g/mol. The van der Waals surface area contributed by atoms with E-state index in [1.807, 2.05) is 0 Å². The molecule has 288 valence electrons. The maximum atomic E-state index is 15.4. The highest BCUT2D eigenvalue weighted by Gasteiger charge is 2.48. The predicted octanol–water partition coefficient (Wildman–Crippen LogP) is 11.5. The topological polar surface area (TPSA) is 97.7 Å². The van der Waals surface area contributed by atoms with Crippen molar-refractivity contribution in [3.8, 4) is 5.75 Å². The lowest BCUT2D eigenvalue weighted by molar-refractivity contribution is 0.392. The van der Waals surface area contributed by atoms with Gasteiger partial charge in [0.25, 0.3) is 10.1 Å². The van der Waals surface area contributed by atoms with Gasteiger partial charge in [-0.25, -0.2) is 0 Å². The Kier molecular flexibility index (Phi) is 9.14. The molecular formula is C45H60O6S2. The molecular weight excluding hydrogens is 701 g/mol. The molecule has 53 heavy (non-hydrogen) atoms. The van der Waals surface area contributed by atoms with Gasteiger partial charge in [0.2, 0.25) is 0 Å². The second-order valence-corrected chi connectivity index (χ2v) is 22.3. The molecule has 1 N–H and O–H groups in total. The molecule has 8 aliphatic carbocycles. The zero-order chi connectivity index (χ0) is 36.1. The smallest absolute Gasteiger partial charge is 0.339 e. The summed E-state index contributed by atoms with van der Waals surface area (Å²) in [5, 5.41) is 0. The number of benzene rings is 2. The quantitative estimate of drug-likeness (QED) is 0.202. The molecule has 9 unspecified atom stereocenters. The van der Waals surface area contributed by atoms with E-state index in [1.165, 1.54) is 69.8 Å². The van der Waals surface area contributed by atoms with Crippen molar-refractivity contribution in [3.63, 3.8) is 0 Å². The summed E-state index contributed by atoms with van der Waals surface area (Å²) in [7, 11) is -8.83. The van der Waals surface area contributed by atoms with Crippen molar-refractivity contribution < 1.29 is 25.6 Å². The highest BCUT2D eigenvalue weighted by molar-refractivity contribution is 7.87. The van der Waals surface area contributed by atoms with Crippen molar-refractivity contribution in [1.82, 2.24) is 0 Å². The maximum Gasteiger partial charge on any atom is 0.339 e. The first-order valence-corrected chi connectivity index (χ1v) is 24.7. The fourth-order valence-electron chi connectivity index (χ4n) is 14.3. The maximum absolute atomic E-state index is 15.4. The molecule has 2 aromatic carbocycles. The fourth-order valence-corrected chi connectivity index (χ4v) is 16.7. The van der Waals surface area contributed by atoms with Crippen LogP contribution in [0, 0.1) is 35.5 Å². The van der Waals surface area contributed by atoms with Gasteiger partial charge in [0.15, 0.2) is 0 Å². The van der Waals surface area contributed by atoms with Gasteiger partial charge in [-0.15, -0.1) is 0 Å². The summed E-state index contributed by atoms with van der Waals surface area (Å²) in [6.07, 6.45) is 24.2. The summed E-state index contributed by atoms with van der Waals surface area (Å²) in [4.78, 5) is 0.499. The van der Waals surface area contributed by atoms with E-state index in [9.17, 15) is 13.0 Å². The van der Waals surface area contributed by atoms with E-state index in [0.717, 1.165) is 100 Å². The lowest BCUT2D eigenvalue weighted by Gasteiger charge is -2.32. The van der Waals surface area contributed by atoms with Gasteiger partial charge in [-0.3, -0.25) is 4.55 Å². The van der Waals surface area contributed by atoms with E-state index in [4.69, 9.17) is 4.18 Å². The van der Waals surface area contributed by atoms with E-state index in [-0.39, 0.29) is 34.3 Å². The third-order valence-electron chi connectivity index (χ3n) is 16.5. The fraction of sp³-hybridized carbons (Fsp3) is 0.733. The third kappa shape index (κ3) is 6.45. The summed E-state index contributed by atoms with van der Waals surface area (Å²) < 4.78 is 74.6. The molecule has 0 heterocycles. The van der Waals surface area contributed by atoms with Gasteiger partial charge < -0.3 is 4.18 Å². The van der Waals surface area contributed by atoms with Gasteiger partial charge in [-0.2, -0.15) is 16.8 Å². The van der Waals surface area contributed by atoms with Crippen LogP contribution < -0.4 is 4.18 Å². The van der Waals surface area contributed by atoms with Crippen LogP contribution in [0.2, 0.25) is 0 Å². The number of hydrogen-bond donors (Lipinski definition) is 1. The zero-order valence-corrected chi connectivity index (χ0v) is 33.2. The lowest BCUT2D eigenvalue weighted by Crippen LogP contribution is -2.23. The first kappa shape index (κ1) is 35.5. The Labute approximate surface area is 318 Å². The summed E-state index contributed by atoms with van der Waals surface area (Å²) in [5.74, 6) is 5.11. The number of rotatable bonds is 9. The van der Waals surface area contributed by atoms with Crippen LogP contribution in [0.1, 0.15) is 199 Å². The summed E-state index contributed by atoms with van der Waals surface area (Å²) in [6.45, 7) is 0. The molecule has 0 aromatic heterocycles. The molecule has 9 atom stereocenters. The van der Waals surface area contributed by atoms with E-state index in [1.54, 1.807) is 12.1 Å². The van der Waals surface area contributed by atoms with Crippen molar-refractivity contribution in [2.75, 3.05) is 0 Å². The lowest BCUT2D eigenvalue weighted by atomic mass is 9.75. The Balaban J connectivity index is 1.13. The molecule has 6 bridgehead atoms. The minimum Gasteiger partial charge on any atom is -0.379 e. The second-order valence-electron chi connectivity index (χ2n) is 19.5. The van der Waals surface area contributed by atoms with Gasteiger partial charge >= 0.3 is 10.1 Å². The third-order valence-corrected chi connectivity index (χ3v) is 18.9. The largest absolute Gasteiger partial charge is 0.379 e. The Morgan fingerprint density at radius 1 is 0.472 bits per heavy atom. The highest BCUT2D eigenvalue weighted by Crippen LogP contribution is 2.60. The molecule has 0 saturated heterocycles. The molecule has 6 nitrogen and oxygen atoms in total. The van der Waals surface area contributed by atoms with Crippen LogP contribution in [-0.2, 0) is 20.2 Å². The van der Waals surface area contributed by atoms with E-state index in [0.29, 0.717) is 45.6 Å². The Bertz CT molecular complexity index is 1870. The molecule has 0 aliphatic heterocycles. The zero-order valence-electron chi connectivity index (χ0n) is 31.5. The van der Waals surface area contributed by atoms with Crippen LogP contribution in [0.4, 0.5) is 0 Å². The van der Waals surface area contributed by atoms with Crippen LogP contribution in [0.5, 0.6) is 5.75 Å². The molecule has 2 aromatic rings. The Morgan fingerprint density at radius 2 is 0.906 bits per heavy atom. The minimum atomic E-state index is -4.54. The van der Waals surface area contributed by atoms with Crippen molar-refractivity contribution in [2.24, 2.45) is 35.5 Å². The molecule has 8 fully saturated rings. The first-order valence-electron chi connectivity index (χ1n) is 21.9. The molecule has 10 rings (SSSR count). The van der Waals surface area contributed by atoms with Crippen LogP contribution in [0.3, 0.4) is 0 Å². The van der Waals surface area contributed by atoms with Crippen LogP contribution in [0.25, 0.3) is 0 Å². The molecule has 0 spiro atoms. The van der Waals surface area contributed by atoms with Crippen molar-refractivity contribution >= 4 is 20.2 Å². The predicted molar refractivity (Wildman–Crippen MR) is 207 cm³/mol. The van der Waals surface area contributed by atoms with Crippen molar-refractivity contribution in [2.45, 2.75) is 181 Å². The summed E-state index contributed by atoms with van der Waals surface area (Å²) >= 11 is 0. The van der Waals surface area contributed by atoms with E-state index < -0.39 is 20.2 Å². The molecule has 0 amide bonds. The van der Waals surface area contributed by atoms with E-state index >= 15 is 8.42 Å². The highest BCUT2D eigenvalue weighted by atomic mass is 32.2. The number of fused-ring (bicyclic) bond motifs is 6. The minimum absolute atomic E-state index is 0.0293. The van der Waals surface area contributed by atoms with Gasteiger partial charge in [0.1, 0.15) is 15.5 Å². The van der Waals surface area contributed by atoms with Crippen LogP contribution >= 0.6 is 0 Å². The van der Waals surface area contributed by atoms with Crippen LogP contribution in [-0.4, -0.2) is 21.4 Å². The molecule has 8 heteroatoms. The van der Waals surface area contributed by atoms with Crippen molar-refractivity contribution in [1.29, 1.82) is 0 Å². The Hall–Kier alpha value is -1.90. The molecule has 8 saturated carbocycles. The normalized spacial score (nSPS) is 35.8. The van der Waals surface area contributed by atoms with Crippen molar-refractivity contribution in [3.05, 3.63) is 52.1 Å². The van der Waals surface area contributed by atoms with E-state index in [2.05, 4.69) is 12.1 Å².